The van der Waals surface area contributed by atoms with E-state index in [0.717, 1.165) is 5.56 Å². The van der Waals surface area contributed by atoms with Crippen molar-refractivity contribution in [1.29, 1.82) is 5.26 Å². The lowest BCUT2D eigenvalue weighted by atomic mass is 10.1. The third-order valence-corrected chi connectivity index (χ3v) is 3.00. The number of hydrogen-bond donors (Lipinski definition) is 0. The zero-order valence-corrected chi connectivity index (χ0v) is 9.66. The van der Waals surface area contributed by atoms with Crippen LogP contribution in [0.15, 0.2) is 18.2 Å². The second kappa shape index (κ2) is 4.15. The van der Waals surface area contributed by atoms with Crippen LogP contribution in [0.4, 0.5) is 5.69 Å². The Balaban J connectivity index is 2.32. The van der Waals surface area contributed by atoms with Crippen LogP contribution in [-0.2, 0) is 4.79 Å². The lowest BCUT2D eigenvalue weighted by molar-refractivity contribution is -0.117. The summed E-state index contributed by atoms with van der Waals surface area (Å²) in [6, 6.07) is 7.68. The van der Waals surface area contributed by atoms with Crippen LogP contribution in [0.25, 0.3) is 0 Å². The molecule has 0 aliphatic carbocycles. The molecule has 0 saturated carbocycles. The molecule has 0 bridgehead atoms. The summed E-state index contributed by atoms with van der Waals surface area (Å²) in [5.74, 6) is -0.248. The maximum atomic E-state index is 11.7. The van der Waals surface area contributed by atoms with Gasteiger partial charge in [-0.25, -0.2) is 0 Å². The fraction of sp³-hybridized carbons (Fsp3) is 0.333. The first-order valence-electron chi connectivity index (χ1n) is 5.08. The molecule has 1 heterocycles. The average Bonchev–Trinajstić information content (AvgIpc) is 2.60. The summed E-state index contributed by atoms with van der Waals surface area (Å²) >= 11 is 6.09. The first kappa shape index (κ1) is 11.0. The molecular weight excluding hydrogens is 224 g/mol. The lowest BCUT2D eigenvalue weighted by Gasteiger charge is -2.17. The summed E-state index contributed by atoms with van der Waals surface area (Å²) in [6.07, 6.45) is 0.292. The molecule has 1 atom stereocenters. The van der Waals surface area contributed by atoms with Gasteiger partial charge in [-0.3, -0.25) is 4.79 Å². The van der Waals surface area contributed by atoms with Crippen LogP contribution in [0, 0.1) is 24.2 Å². The largest absolute Gasteiger partial charge is 0.310 e. The number of hydrogen-bond acceptors (Lipinski definition) is 2. The zero-order valence-electron chi connectivity index (χ0n) is 8.90. The predicted octanol–water partition coefficient (Wildman–Crippen LogP) is 2.52. The average molecular weight is 235 g/mol. The van der Waals surface area contributed by atoms with E-state index >= 15 is 0 Å². The molecule has 1 fully saturated rings. The van der Waals surface area contributed by atoms with E-state index in [9.17, 15) is 4.79 Å². The molecule has 0 spiro atoms. The highest BCUT2D eigenvalue weighted by atomic mass is 35.5. The molecule has 1 saturated heterocycles. The molecule has 1 aromatic carbocycles. The van der Waals surface area contributed by atoms with E-state index in [-0.39, 0.29) is 11.8 Å². The second-order valence-electron chi connectivity index (χ2n) is 3.99. The number of anilines is 1. The van der Waals surface area contributed by atoms with Gasteiger partial charge in [0.15, 0.2) is 0 Å². The van der Waals surface area contributed by atoms with Crippen LogP contribution in [0.5, 0.6) is 0 Å². The summed E-state index contributed by atoms with van der Waals surface area (Å²) in [7, 11) is 0. The molecule has 4 heteroatoms. The molecule has 82 valence electrons. The number of carbonyl (C=O) groups is 1. The highest BCUT2D eigenvalue weighted by molar-refractivity contribution is 6.34. The summed E-state index contributed by atoms with van der Waals surface area (Å²) in [4.78, 5) is 13.3. The SMILES string of the molecule is Cc1ccc(N2CC(C#N)CC2=O)c(Cl)c1. The van der Waals surface area contributed by atoms with Crippen molar-refractivity contribution < 1.29 is 4.79 Å². The standard InChI is InChI=1S/C12H11ClN2O/c1-8-2-3-11(10(13)4-8)15-7-9(6-14)5-12(15)16/h2-4,9H,5,7H2,1H3. The summed E-state index contributed by atoms with van der Waals surface area (Å²) in [5.41, 5.74) is 1.76. The summed E-state index contributed by atoms with van der Waals surface area (Å²) in [5, 5.41) is 9.36. The van der Waals surface area contributed by atoms with Crippen LogP contribution in [0.3, 0.4) is 0 Å². The molecule has 1 aliphatic rings. The summed E-state index contributed by atoms with van der Waals surface area (Å²) < 4.78 is 0. The minimum absolute atomic E-state index is 0.0303. The molecule has 3 nitrogen and oxygen atoms in total. The van der Waals surface area contributed by atoms with Crippen LogP contribution in [-0.4, -0.2) is 12.5 Å². The van der Waals surface area contributed by atoms with Gasteiger partial charge in [0.25, 0.3) is 0 Å². The van der Waals surface area contributed by atoms with Gasteiger partial charge in [0.2, 0.25) is 5.91 Å². The van der Waals surface area contributed by atoms with Crippen molar-refractivity contribution in [3.05, 3.63) is 28.8 Å². The van der Waals surface area contributed by atoms with Crippen molar-refractivity contribution in [3.63, 3.8) is 0 Å². The van der Waals surface area contributed by atoms with Gasteiger partial charge in [-0.2, -0.15) is 5.26 Å². The van der Waals surface area contributed by atoms with Crippen LogP contribution >= 0.6 is 11.6 Å². The molecule has 0 aromatic heterocycles. The second-order valence-corrected chi connectivity index (χ2v) is 4.40. The molecule has 0 radical (unpaired) electrons. The fourth-order valence-corrected chi connectivity index (χ4v) is 2.19. The van der Waals surface area contributed by atoms with Gasteiger partial charge >= 0.3 is 0 Å². The van der Waals surface area contributed by atoms with Crippen LogP contribution in [0.1, 0.15) is 12.0 Å². The number of halogens is 1. The van der Waals surface area contributed by atoms with Crippen molar-refractivity contribution in [3.8, 4) is 6.07 Å². The van der Waals surface area contributed by atoms with Gasteiger partial charge in [-0.15, -0.1) is 0 Å². The van der Waals surface area contributed by atoms with Crippen molar-refractivity contribution >= 4 is 23.2 Å². The van der Waals surface area contributed by atoms with E-state index in [4.69, 9.17) is 16.9 Å². The van der Waals surface area contributed by atoms with Crippen molar-refractivity contribution in [1.82, 2.24) is 0 Å². The van der Waals surface area contributed by atoms with E-state index < -0.39 is 0 Å². The Hall–Kier alpha value is -1.53. The highest BCUT2D eigenvalue weighted by Gasteiger charge is 2.31. The van der Waals surface area contributed by atoms with E-state index in [1.807, 2.05) is 25.1 Å². The lowest BCUT2D eigenvalue weighted by Crippen LogP contribution is -2.24. The van der Waals surface area contributed by atoms with E-state index in [1.165, 1.54) is 0 Å². The number of aryl methyl sites for hydroxylation is 1. The maximum absolute atomic E-state index is 11.7. The first-order valence-corrected chi connectivity index (χ1v) is 5.45. The molecule has 16 heavy (non-hydrogen) atoms. The van der Waals surface area contributed by atoms with E-state index in [1.54, 1.807) is 4.90 Å². The maximum Gasteiger partial charge on any atom is 0.228 e. The van der Waals surface area contributed by atoms with Gasteiger partial charge in [0.1, 0.15) is 0 Å². The normalized spacial score (nSPS) is 19.9. The van der Waals surface area contributed by atoms with E-state index in [0.29, 0.717) is 23.7 Å². The smallest absolute Gasteiger partial charge is 0.228 e. The number of nitriles is 1. The minimum atomic E-state index is -0.218. The third kappa shape index (κ3) is 1.89. The number of rotatable bonds is 1. The predicted molar refractivity (Wildman–Crippen MR) is 62.3 cm³/mol. The minimum Gasteiger partial charge on any atom is -0.310 e. The number of nitrogens with zero attached hydrogens (tertiary/aromatic N) is 2. The van der Waals surface area contributed by atoms with Gasteiger partial charge in [-0.1, -0.05) is 17.7 Å². The highest BCUT2D eigenvalue weighted by Crippen LogP contribution is 2.31. The third-order valence-electron chi connectivity index (χ3n) is 2.70. The Morgan fingerprint density at radius 3 is 2.88 bits per heavy atom. The van der Waals surface area contributed by atoms with Gasteiger partial charge in [-0.05, 0) is 24.6 Å². The number of benzene rings is 1. The van der Waals surface area contributed by atoms with Crippen LogP contribution in [0.2, 0.25) is 5.02 Å². The molecule has 1 aromatic rings. The van der Waals surface area contributed by atoms with Gasteiger partial charge < -0.3 is 4.90 Å². The molecule has 1 amide bonds. The van der Waals surface area contributed by atoms with Crippen molar-refractivity contribution in [2.45, 2.75) is 13.3 Å². The Bertz CT molecular complexity index is 478. The fourth-order valence-electron chi connectivity index (χ4n) is 1.86. The van der Waals surface area contributed by atoms with E-state index in [2.05, 4.69) is 6.07 Å². The number of amides is 1. The molecule has 2 rings (SSSR count). The summed E-state index contributed by atoms with van der Waals surface area (Å²) in [6.45, 7) is 2.39. The zero-order chi connectivity index (χ0) is 11.7. The van der Waals surface area contributed by atoms with Gasteiger partial charge in [0.05, 0.1) is 22.7 Å². The molecule has 0 N–H and O–H groups in total. The Morgan fingerprint density at radius 2 is 2.31 bits per heavy atom. The van der Waals surface area contributed by atoms with Crippen molar-refractivity contribution in [2.75, 3.05) is 11.4 Å². The molecule has 1 aliphatic heterocycles. The number of carbonyl (C=O) groups excluding carboxylic acids is 1. The van der Waals surface area contributed by atoms with Crippen molar-refractivity contribution in [2.24, 2.45) is 5.92 Å². The molecular formula is C12H11ClN2O. The molecule has 1 unspecified atom stereocenters. The monoisotopic (exact) mass is 234 g/mol. The van der Waals surface area contributed by atoms with Crippen LogP contribution < -0.4 is 4.90 Å². The van der Waals surface area contributed by atoms with Gasteiger partial charge in [0, 0.05) is 13.0 Å². The Kier molecular flexibility index (Phi) is 2.84. The first-order chi connectivity index (χ1) is 7.61. The quantitative estimate of drug-likeness (QED) is 0.750. The topological polar surface area (TPSA) is 44.1 Å². The Labute approximate surface area is 99.2 Å². The Morgan fingerprint density at radius 1 is 1.56 bits per heavy atom.